The van der Waals surface area contributed by atoms with Crippen LogP contribution in [0.15, 0.2) is 48.8 Å². The van der Waals surface area contributed by atoms with E-state index >= 15 is 0 Å². The predicted molar refractivity (Wildman–Crippen MR) is 82.5 cm³/mol. The zero-order valence-corrected chi connectivity index (χ0v) is 13.0. The lowest BCUT2D eigenvalue weighted by atomic mass is 9.96. The van der Waals surface area contributed by atoms with Gasteiger partial charge in [0.15, 0.2) is 0 Å². The number of benzene rings is 1. The molecule has 0 saturated carbocycles. The van der Waals surface area contributed by atoms with Gasteiger partial charge in [-0.3, -0.25) is 4.98 Å². The Bertz CT molecular complexity index is 686. The van der Waals surface area contributed by atoms with Crippen molar-refractivity contribution in [1.82, 2.24) is 10.3 Å². The molecule has 2 N–H and O–H groups in total. The Morgan fingerprint density at radius 2 is 1.62 bits per heavy atom. The molecule has 1 aromatic heterocycles. The lowest BCUT2D eigenvalue weighted by molar-refractivity contribution is -0.274. The van der Waals surface area contributed by atoms with Crippen molar-refractivity contribution in [2.45, 2.75) is 25.7 Å². The first-order valence-corrected chi connectivity index (χ1v) is 7.01. The van der Waals surface area contributed by atoms with Crippen LogP contribution < -0.4 is 15.4 Å². The molecule has 0 fully saturated rings. The van der Waals surface area contributed by atoms with E-state index in [0.717, 1.165) is 17.7 Å². The summed E-state index contributed by atoms with van der Waals surface area (Å²) in [4.78, 5) is 16.0. The number of urea groups is 1. The lowest BCUT2D eigenvalue weighted by Crippen LogP contribution is -2.43. The Labute approximate surface area is 136 Å². The maximum absolute atomic E-state index is 12.1. The molecular formula is C16H16F3N3O2. The molecule has 1 aromatic carbocycles. The molecule has 0 bridgehead atoms. The number of halogens is 3. The molecule has 2 rings (SSSR count). The Hall–Kier alpha value is -2.77. The standard InChI is InChI=1S/C16H16F3N3O2/c1-15(2,11-7-9-20-10-8-11)22-14(23)21-12-3-5-13(6-4-12)24-16(17,18)19/h3-10H,1-2H3,(H2,21,22,23). The van der Waals surface area contributed by atoms with Gasteiger partial charge in [-0.25, -0.2) is 4.79 Å². The number of nitrogens with zero attached hydrogens (tertiary/aromatic N) is 1. The minimum Gasteiger partial charge on any atom is -0.406 e. The van der Waals surface area contributed by atoms with Crippen LogP contribution in [-0.2, 0) is 5.54 Å². The number of carbonyl (C=O) groups is 1. The Morgan fingerprint density at radius 3 is 2.17 bits per heavy atom. The van der Waals surface area contributed by atoms with Crippen molar-refractivity contribution < 1.29 is 22.7 Å². The average molecular weight is 339 g/mol. The van der Waals surface area contributed by atoms with E-state index < -0.39 is 17.9 Å². The van der Waals surface area contributed by atoms with Crippen LogP contribution in [0.5, 0.6) is 5.75 Å². The molecule has 0 unspecified atom stereocenters. The quantitative estimate of drug-likeness (QED) is 0.884. The normalized spacial score (nSPS) is 11.7. The van der Waals surface area contributed by atoms with E-state index in [9.17, 15) is 18.0 Å². The predicted octanol–water partition coefficient (Wildman–Crippen LogP) is 4.04. The van der Waals surface area contributed by atoms with Crippen LogP contribution in [0, 0.1) is 0 Å². The zero-order valence-electron chi connectivity index (χ0n) is 13.0. The molecule has 8 heteroatoms. The molecule has 0 aliphatic carbocycles. The fraction of sp³-hybridized carbons (Fsp3) is 0.250. The second-order valence-corrected chi connectivity index (χ2v) is 5.51. The van der Waals surface area contributed by atoms with Crippen LogP contribution in [0.25, 0.3) is 0 Å². The first-order valence-electron chi connectivity index (χ1n) is 7.01. The van der Waals surface area contributed by atoms with E-state index in [1.807, 2.05) is 13.8 Å². The number of hydrogen-bond acceptors (Lipinski definition) is 3. The highest BCUT2D eigenvalue weighted by Gasteiger charge is 2.31. The molecular weight excluding hydrogens is 323 g/mol. The first kappa shape index (κ1) is 17.6. The summed E-state index contributed by atoms with van der Waals surface area (Å²) in [5, 5.41) is 5.34. The van der Waals surface area contributed by atoms with Crippen molar-refractivity contribution in [2.24, 2.45) is 0 Å². The second kappa shape index (κ2) is 6.77. The molecule has 0 radical (unpaired) electrons. The number of aromatic nitrogens is 1. The number of carbonyl (C=O) groups excluding carboxylic acids is 1. The van der Waals surface area contributed by atoms with E-state index in [-0.39, 0.29) is 5.75 Å². The van der Waals surface area contributed by atoms with Gasteiger partial charge in [0, 0.05) is 18.1 Å². The summed E-state index contributed by atoms with van der Waals surface area (Å²) in [6, 6.07) is 7.96. The van der Waals surface area contributed by atoms with Gasteiger partial charge in [-0.1, -0.05) is 0 Å². The summed E-state index contributed by atoms with van der Waals surface area (Å²) in [5.74, 6) is -0.356. The molecule has 5 nitrogen and oxygen atoms in total. The topological polar surface area (TPSA) is 63.2 Å². The van der Waals surface area contributed by atoms with Gasteiger partial charge < -0.3 is 15.4 Å². The number of pyridine rings is 1. The monoisotopic (exact) mass is 339 g/mol. The van der Waals surface area contributed by atoms with Crippen LogP contribution in [0.1, 0.15) is 19.4 Å². The number of rotatable bonds is 4. The zero-order chi connectivity index (χ0) is 17.8. The third-order valence-electron chi connectivity index (χ3n) is 3.17. The van der Waals surface area contributed by atoms with Crippen molar-refractivity contribution in [3.05, 3.63) is 54.4 Å². The molecule has 0 aliphatic heterocycles. The summed E-state index contributed by atoms with van der Waals surface area (Å²) < 4.78 is 40.0. The number of nitrogens with one attached hydrogen (secondary N) is 2. The lowest BCUT2D eigenvalue weighted by Gasteiger charge is -2.26. The Kier molecular flexibility index (Phi) is 4.96. The molecule has 2 aromatic rings. The Morgan fingerprint density at radius 1 is 1.04 bits per heavy atom. The van der Waals surface area contributed by atoms with Gasteiger partial charge in [0.1, 0.15) is 5.75 Å². The summed E-state index contributed by atoms with van der Waals surface area (Å²) in [6.07, 6.45) is -1.51. The SMILES string of the molecule is CC(C)(NC(=O)Nc1ccc(OC(F)(F)F)cc1)c1ccncc1. The maximum atomic E-state index is 12.1. The maximum Gasteiger partial charge on any atom is 0.573 e. The Balaban J connectivity index is 1.97. The average Bonchev–Trinajstić information content (AvgIpc) is 2.48. The molecule has 128 valence electrons. The molecule has 24 heavy (non-hydrogen) atoms. The summed E-state index contributed by atoms with van der Waals surface area (Å²) in [5.41, 5.74) is 0.556. The van der Waals surface area contributed by atoms with E-state index in [0.29, 0.717) is 5.69 Å². The van der Waals surface area contributed by atoms with Crippen molar-refractivity contribution >= 4 is 11.7 Å². The third kappa shape index (κ3) is 5.15. The van der Waals surface area contributed by atoms with Crippen LogP contribution in [-0.4, -0.2) is 17.4 Å². The highest BCUT2D eigenvalue weighted by Crippen LogP contribution is 2.24. The largest absolute Gasteiger partial charge is 0.573 e. The number of anilines is 1. The van der Waals surface area contributed by atoms with Gasteiger partial charge in [0.05, 0.1) is 5.54 Å². The molecule has 1 heterocycles. The molecule has 0 atom stereocenters. The molecule has 0 saturated heterocycles. The highest BCUT2D eigenvalue weighted by molar-refractivity contribution is 5.89. The van der Waals surface area contributed by atoms with E-state index in [2.05, 4.69) is 20.4 Å². The second-order valence-electron chi connectivity index (χ2n) is 5.51. The van der Waals surface area contributed by atoms with Crippen molar-refractivity contribution in [3.63, 3.8) is 0 Å². The summed E-state index contributed by atoms with van der Waals surface area (Å²) >= 11 is 0. The highest BCUT2D eigenvalue weighted by atomic mass is 19.4. The van der Waals surface area contributed by atoms with Crippen molar-refractivity contribution in [1.29, 1.82) is 0 Å². The fourth-order valence-electron chi connectivity index (χ4n) is 2.03. The molecule has 0 aliphatic rings. The van der Waals surface area contributed by atoms with Gasteiger partial charge in [0.25, 0.3) is 0 Å². The molecule has 2 amide bonds. The number of alkyl halides is 3. The van der Waals surface area contributed by atoms with E-state index in [1.54, 1.807) is 24.5 Å². The van der Waals surface area contributed by atoms with Crippen LogP contribution in [0.2, 0.25) is 0 Å². The van der Waals surface area contributed by atoms with Crippen LogP contribution >= 0.6 is 0 Å². The number of hydrogen-bond donors (Lipinski definition) is 2. The van der Waals surface area contributed by atoms with Crippen molar-refractivity contribution in [3.8, 4) is 5.75 Å². The van der Waals surface area contributed by atoms with E-state index in [1.165, 1.54) is 12.1 Å². The van der Waals surface area contributed by atoms with Crippen LogP contribution in [0.3, 0.4) is 0 Å². The van der Waals surface area contributed by atoms with Crippen LogP contribution in [0.4, 0.5) is 23.7 Å². The van der Waals surface area contributed by atoms with Crippen molar-refractivity contribution in [2.75, 3.05) is 5.32 Å². The summed E-state index contributed by atoms with van der Waals surface area (Å²) in [7, 11) is 0. The van der Waals surface area contributed by atoms with Gasteiger partial charge in [-0.15, -0.1) is 13.2 Å². The number of ether oxygens (including phenoxy) is 1. The van der Waals surface area contributed by atoms with E-state index in [4.69, 9.17) is 0 Å². The molecule has 0 spiro atoms. The number of amides is 2. The fourth-order valence-corrected chi connectivity index (χ4v) is 2.03. The minimum atomic E-state index is -4.75. The van der Waals surface area contributed by atoms with Gasteiger partial charge >= 0.3 is 12.4 Å². The van der Waals surface area contributed by atoms with Gasteiger partial charge in [0.2, 0.25) is 0 Å². The summed E-state index contributed by atoms with van der Waals surface area (Å²) in [6.45, 7) is 3.64. The smallest absolute Gasteiger partial charge is 0.406 e. The minimum absolute atomic E-state index is 0.340. The third-order valence-corrected chi connectivity index (χ3v) is 3.17. The van der Waals surface area contributed by atoms with Gasteiger partial charge in [-0.05, 0) is 55.8 Å². The van der Waals surface area contributed by atoms with Gasteiger partial charge in [-0.2, -0.15) is 0 Å². The first-order chi connectivity index (χ1) is 11.2.